The monoisotopic (exact) mass is 338 g/mol. The zero-order valence-corrected chi connectivity index (χ0v) is 12.8. The summed E-state index contributed by atoms with van der Waals surface area (Å²) in [6.07, 6.45) is 3.43. The van der Waals surface area contributed by atoms with Gasteiger partial charge in [-0.15, -0.1) is 0 Å². The van der Waals surface area contributed by atoms with Crippen molar-refractivity contribution >= 4 is 17.1 Å². The molecule has 1 aromatic heterocycles. The molecule has 0 radical (unpaired) electrons. The van der Waals surface area contributed by atoms with Crippen LogP contribution in [0.3, 0.4) is 0 Å². The molecule has 1 aliphatic rings. The average Bonchev–Trinajstić information content (AvgIpc) is 3.23. The summed E-state index contributed by atoms with van der Waals surface area (Å²) in [6.45, 7) is -0.0830. The van der Waals surface area contributed by atoms with Gasteiger partial charge in [0.2, 0.25) is 5.78 Å². The van der Waals surface area contributed by atoms with Crippen LogP contribution >= 0.6 is 0 Å². The highest BCUT2D eigenvalue weighted by atomic mass is 32.2. The first kappa shape index (κ1) is 16.0. The fourth-order valence-electron chi connectivity index (χ4n) is 2.33. The van der Waals surface area contributed by atoms with Gasteiger partial charge in [0.05, 0.1) is 35.3 Å². The van der Waals surface area contributed by atoms with E-state index in [4.69, 9.17) is 4.52 Å². The van der Waals surface area contributed by atoms with Crippen LogP contribution < -0.4 is 0 Å². The molecule has 8 heteroatoms. The van der Waals surface area contributed by atoms with Crippen molar-refractivity contribution in [1.29, 1.82) is 0 Å². The van der Waals surface area contributed by atoms with Crippen LogP contribution in [0.5, 0.6) is 0 Å². The zero-order chi connectivity index (χ0) is 16.4. The number of hydrogen-bond acceptors (Lipinski definition) is 6. The molecule has 2 aromatic rings. The lowest BCUT2D eigenvalue weighted by Gasteiger charge is -2.07. The normalized spacial score (nSPS) is 15.6. The Balaban J connectivity index is 1.76. The van der Waals surface area contributed by atoms with Gasteiger partial charge in [0.1, 0.15) is 5.82 Å². The third-order valence-corrected chi connectivity index (χ3v) is 4.00. The molecule has 0 aliphatic heterocycles. The quantitative estimate of drug-likeness (QED) is 0.568. The third-order valence-electron chi connectivity index (χ3n) is 3.64. The molecule has 0 N–H and O–H groups in total. The van der Waals surface area contributed by atoms with Crippen molar-refractivity contribution in [2.24, 2.45) is 0 Å². The van der Waals surface area contributed by atoms with Crippen LogP contribution in [-0.2, 0) is 22.0 Å². The van der Waals surface area contributed by atoms with Crippen LogP contribution in [0.1, 0.15) is 46.0 Å². The van der Waals surface area contributed by atoms with Crippen molar-refractivity contribution in [3.8, 4) is 0 Å². The van der Waals surface area contributed by atoms with Crippen molar-refractivity contribution in [3.05, 3.63) is 52.7 Å². The molecular formula is C15H13FNO5S-. The van der Waals surface area contributed by atoms with Gasteiger partial charge in [0.15, 0.2) is 5.76 Å². The summed E-state index contributed by atoms with van der Waals surface area (Å²) < 4.78 is 44.2. The minimum absolute atomic E-state index is 0.0628. The molecule has 1 aromatic carbocycles. The molecule has 1 unspecified atom stereocenters. The molecule has 1 atom stereocenters. The number of rotatable bonds is 7. The van der Waals surface area contributed by atoms with E-state index in [-0.39, 0.29) is 24.5 Å². The topological polar surface area (TPSA) is 92.5 Å². The van der Waals surface area contributed by atoms with Gasteiger partial charge < -0.3 is 13.3 Å². The Morgan fingerprint density at radius 1 is 1.43 bits per heavy atom. The summed E-state index contributed by atoms with van der Waals surface area (Å²) in [4.78, 5) is 12.4. The molecule has 122 valence electrons. The smallest absolute Gasteiger partial charge is 0.201 e. The Labute approximate surface area is 134 Å². The molecule has 6 nitrogen and oxygen atoms in total. The van der Waals surface area contributed by atoms with E-state index in [1.165, 1.54) is 18.3 Å². The number of benzene rings is 1. The standard InChI is InChI=1S/C15H14FNO5S/c16-13-7-9(5-6-21-23(19)20)1-4-11(13)14(18)12-8-17-22-15(12)10-2-3-10/h1,4,7-8,10H,2-3,5-6H2,(H,19,20)/p-1. The summed E-state index contributed by atoms with van der Waals surface area (Å²) in [5.74, 6) is -0.415. The van der Waals surface area contributed by atoms with Gasteiger partial charge in [-0.25, -0.2) is 8.60 Å². The largest absolute Gasteiger partial charge is 0.750 e. The highest BCUT2D eigenvalue weighted by molar-refractivity contribution is 7.74. The van der Waals surface area contributed by atoms with Crippen molar-refractivity contribution in [2.45, 2.75) is 25.2 Å². The summed E-state index contributed by atoms with van der Waals surface area (Å²) >= 11 is -2.59. The molecule has 1 saturated carbocycles. The summed E-state index contributed by atoms with van der Waals surface area (Å²) in [6, 6.07) is 4.15. The molecule has 3 rings (SSSR count). The minimum Gasteiger partial charge on any atom is -0.750 e. The Bertz CT molecular complexity index is 756. The Morgan fingerprint density at radius 3 is 2.87 bits per heavy atom. The van der Waals surface area contributed by atoms with Crippen molar-refractivity contribution in [1.82, 2.24) is 5.16 Å². The lowest BCUT2D eigenvalue weighted by Crippen LogP contribution is -2.07. The fourth-order valence-corrected chi connectivity index (χ4v) is 2.55. The molecule has 0 amide bonds. The highest BCUT2D eigenvalue weighted by Gasteiger charge is 2.33. The van der Waals surface area contributed by atoms with Crippen LogP contribution in [0, 0.1) is 5.82 Å². The minimum atomic E-state index is -2.59. The van der Waals surface area contributed by atoms with Gasteiger partial charge in [-0.3, -0.25) is 4.79 Å². The molecule has 0 saturated heterocycles. The maximum atomic E-state index is 14.2. The first-order valence-electron chi connectivity index (χ1n) is 7.06. The van der Waals surface area contributed by atoms with E-state index in [1.807, 2.05) is 0 Å². The molecule has 1 fully saturated rings. The number of ketones is 1. The van der Waals surface area contributed by atoms with Gasteiger partial charge in [0, 0.05) is 5.92 Å². The summed E-state index contributed by atoms with van der Waals surface area (Å²) in [5.41, 5.74) is 0.772. The predicted octanol–water partition coefficient (Wildman–Crippen LogP) is 2.28. The fraction of sp³-hybridized carbons (Fsp3) is 0.333. The SMILES string of the molecule is O=C(c1ccc(CCOS(=O)[O-])cc1F)c1cnoc1C1CC1. The van der Waals surface area contributed by atoms with Gasteiger partial charge >= 0.3 is 0 Å². The van der Waals surface area contributed by atoms with E-state index in [2.05, 4.69) is 9.34 Å². The number of hydrogen-bond donors (Lipinski definition) is 0. The molecule has 23 heavy (non-hydrogen) atoms. The van der Waals surface area contributed by atoms with Crippen LogP contribution in [0.4, 0.5) is 4.39 Å². The number of aromatic nitrogens is 1. The maximum Gasteiger partial charge on any atom is 0.201 e. The molecular weight excluding hydrogens is 325 g/mol. The third kappa shape index (κ3) is 3.72. The van der Waals surface area contributed by atoms with Gasteiger partial charge in [-0.2, -0.15) is 0 Å². The highest BCUT2D eigenvalue weighted by Crippen LogP contribution is 2.42. The summed E-state index contributed by atoms with van der Waals surface area (Å²) in [7, 11) is 0. The summed E-state index contributed by atoms with van der Waals surface area (Å²) in [5, 5.41) is 3.64. The first-order chi connectivity index (χ1) is 11.1. The molecule has 1 aliphatic carbocycles. The lowest BCUT2D eigenvalue weighted by molar-refractivity contribution is 0.103. The van der Waals surface area contributed by atoms with E-state index in [0.717, 1.165) is 12.8 Å². The van der Waals surface area contributed by atoms with E-state index in [9.17, 15) is 17.9 Å². The van der Waals surface area contributed by atoms with E-state index in [0.29, 0.717) is 16.9 Å². The molecule has 0 bridgehead atoms. The van der Waals surface area contributed by atoms with E-state index < -0.39 is 23.0 Å². The van der Waals surface area contributed by atoms with Gasteiger partial charge in [-0.1, -0.05) is 11.2 Å². The van der Waals surface area contributed by atoms with Gasteiger partial charge in [0.25, 0.3) is 0 Å². The second-order valence-corrected chi connectivity index (χ2v) is 5.94. The molecule has 1 heterocycles. The number of halogens is 1. The molecule has 0 spiro atoms. The predicted molar refractivity (Wildman–Crippen MR) is 76.9 cm³/mol. The number of carbonyl (C=O) groups is 1. The van der Waals surface area contributed by atoms with E-state index in [1.54, 1.807) is 6.07 Å². The zero-order valence-electron chi connectivity index (χ0n) is 12.0. The second kappa shape index (κ2) is 6.69. The Hall–Kier alpha value is -1.90. The Morgan fingerprint density at radius 2 is 2.22 bits per heavy atom. The van der Waals surface area contributed by atoms with Crippen LogP contribution in [-0.4, -0.2) is 26.3 Å². The van der Waals surface area contributed by atoms with E-state index >= 15 is 0 Å². The van der Waals surface area contributed by atoms with Crippen molar-refractivity contribution in [2.75, 3.05) is 6.61 Å². The Kier molecular flexibility index (Phi) is 4.65. The van der Waals surface area contributed by atoms with Crippen LogP contribution in [0.25, 0.3) is 0 Å². The lowest BCUT2D eigenvalue weighted by atomic mass is 10.00. The van der Waals surface area contributed by atoms with Gasteiger partial charge in [-0.05, 0) is 37.0 Å². The van der Waals surface area contributed by atoms with Crippen molar-refractivity contribution in [3.63, 3.8) is 0 Å². The number of nitrogens with zero attached hydrogens (tertiary/aromatic N) is 1. The second-order valence-electron chi connectivity index (χ2n) is 5.30. The first-order valence-corrected chi connectivity index (χ1v) is 8.06. The van der Waals surface area contributed by atoms with Crippen LogP contribution in [0.2, 0.25) is 0 Å². The number of carbonyl (C=O) groups excluding carboxylic acids is 1. The van der Waals surface area contributed by atoms with Crippen molar-refractivity contribution < 1.29 is 26.7 Å². The average molecular weight is 338 g/mol. The maximum absolute atomic E-state index is 14.2. The van der Waals surface area contributed by atoms with Crippen LogP contribution in [0.15, 0.2) is 28.9 Å².